The zero-order valence-corrected chi connectivity index (χ0v) is 11.4. The van der Waals surface area contributed by atoms with Gasteiger partial charge in [-0.05, 0) is 30.3 Å². The molecule has 3 nitrogen and oxygen atoms in total. The Morgan fingerprint density at radius 1 is 0.850 bits per heavy atom. The van der Waals surface area contributed by atoms with Crippen molar-refractivity contribution < 1.29 is 13.9 Å². The highest BCUT2D eigenvalue weighted by Gasteiger charge is 2.19. The Balaban J connectivity index is 2.15. The van der Waals surface area contributed by atoms with E-state index in [0.29, 0.717) is 0 Å². The van der Waals surface area contributed by atoms with Crippen molar-refractivity contribution in [1.29, 1.82) is 0 Å². The Bertz CT molecular complexity index is 733. The van der Waals surface area contributed by atoms with Gasteiger partial charge >= 0.3 is 11.3 Å². The summed E-state index contributed by atoms with van der Waals surface area (Å²) in [4.78, 5) is 0. The maximum Gasteiger partial charge on any atom is 0.364 e. The third kappa shape index (κ3) is 2.18. The molecule has 0 aliphatic carbocycles. The van der Waals surface area contributed by atoms with E-state index in [-0.39, 0.29) is 0 Å². The summed E-state index contributed by atoms with van der Waals surface area (Å²) in [5.74, 6) is 2.39. The maximum atomic E-state index is 5.94. The Labute approximate surface area is 117 Å². The summed E-state index contributed by atoms with van der Waals surface area (Å²) in [6.07, 6.45) is 0. The predicted molar refractivity (Wildman–Crippen MR) is 79.2 cm³/mol. The van der Waals surface area contributed by atoms with Gasteiger partial charge in [-0.2, -0.15) is 0 Å². The van der Waals surface area contributed by atoms with E-state index in [4.69, 9.17) is 13.9 Å². The highest BCUT2D eigenvalue weighted by molar-refractivity contribution is 5.85. The molecule has 3 aromatic rings. The molecule has 0 saturated carbocycles. The summed E-state index contributed by atoms with van der Waals surface area (Å²) in [5, 5.41) is 0.965. The van der Waals surface area contributed by atoms with E-state index in [0.717, 1.165) is 33.8 Å². The van der Waals surface area contributed by atoms with Crippen molar-refractivity contribution in [3.8, 4) is 22.8 Å². The van der Waals surface area contributed by atoms with Crippen LogP contribution in [0, 0.1) is 0 Å². The molecule has 0 N–H and O–H groups in total. The van der Waals surface area contributed by atoms with Crippen LogP contribution in [0.25, 0.3) is 22.3 Å². The third-order valence-electron chi connectivity index (χ3n) is 3.23. The quantitative estimate of drug-likeness (QED) is 0.659. The van der Waals surface area contributed by atoms with Gasteiger partial charge in [0, 0.05) is 6.07 Å². The van der Waals surface area contributed by atoms with E-state index < -0.39 is 0 Å². The first kappa shape index (κ1) is 12.5. The van der Waals surface area contributed by atoms with Crippen molar-refractivity contribution in [2.75, 3.05) is 14.2 Å². The van der Waals surface area contributed by atoms with Gasteiger partial charge in [-0.1, -0.05) is 12.1 Å². The third-order valence-corrected chi connectivity index (χ3v) is 3.23. The highest BCUT2D eigenvalue weighted by Crippen LogP contribution is 2.32. The Kier molecular flexibility index (Phi) is 3.25. The molecule has 3 heteroatoms. The van der Waals surface area contributed by atoms with Crippen molar-refractivity contribution in [3.63, 3.8) is 0 Å². The molecule has 0 saturated heterocycles. The van der Waals surface area contributed by atoms with Gasteiger partial charge in [0.2, 0.25) is 0 Å². The fourth-order valence-electron chi connectivity index (χ4n) is 2.17. The van der Waals surface area contributed by atoms with Gasteiger partial charge in [-0.3, -0.25) is 0 Å². The van der Waals surface area contributed by atoms with Gasteiger partial charge in [-0.15, -0.1) is 0 Å². The second kappa shape index (κ2) is 5.21. The number of methoxy groups -OCH3 is 2. The van der Waals surface area contributed by atoms with Gasteiger partial charge in [0.15, 0.2) is 0 Å². The first-order chi connectivity index (χ1) is 9.81. The lowest BCUT2D eigenvalue weighted by Gasteiger charge is -2.02. The molecule has 1 heterocycles. The summed E-state index contributed by atoms with van der Waals surface area (Å²) >= 11 is 0. The number of para-hydroxylation sites is 1. The Hall–Kier alpha value is -2.55. The molecule has 0 spiro atoms. The lowest BCUT2D eigenvalue weighted by Crippen LogP contribution is -1.88. The number of rotatable bonds is 3. The molecule has 0 bridgehead atoms. The maximum absolute atomic E-state index is 5.94. The number of hydrogen-bond donors (Lipinski definition) is 0. The summed E-state index contributed by atoms with van der Waals surface area (Å²) in [5.41, 5.74) is 1.78. The lowest BCUT2D eigenvalue weighted by atomic mass is 10.1. The monoisotopic (exact) mass is 267 g/mol. The van der Waals surface area contributed by atoms with Crippen molar-refractivity contribution in [3.05, 3.63) is 54.6 Å². The number of benzene rings is 2. The van der Waals surface area contributed by atoms with Crippen molar-refractivity contribution in [2.24, 2.45) is 0 Å². The van der Waals surface area contributed by atoms with Crippen molar-refractivity contribution >= 4 is 11.0 Å². The van der Waals surface area contributed by atoms with Gasteiger partial charge in [0.25, 0.3) is 0 Å². The van der Waals surface area contributed by atoms with E-state index in [1.165, 1.54) is 0 Å². The van der Waals surface area contributed by atoms with Crippen LogP contribution in [0.1, 0.15) is 0 Å². The minimum Gasteiger partial charge on any atom is -0.497 e. The number of hydrogen-bond acceptors (Lipinski definition) is 2. The van der Waals surface area contributed by atoms with Crippen LogP contribution >= 0.6 is 0 Å². The lowest BCUT2D eigenvalue weighted by molar-refractivity contribution is 0.414. The first-order valence-electron chi connectivity index (χ1n) is 6.36. The number of fused-ring (bicyclic) bond motifs is 1. The zero-order valence-electron chi connectivity index (χ0n) is 11.4. The minimum atomic E-state index is 0.767. The van der Waals surface area contributed by atoms with Crippen LogP contribution in [0.5, 0.6) is 11.5 Å². The molecule has 0 unspecified atom stereocenters. The van der Waals surface area contributed by atoms with E-state index in [9.17, 15) is 0 Å². The van der Waals surface area contributed by atoms with Crippen LogP contribution in [0.2, 0.25) is 0 Å². The Morgan fingerprint density at radius 2 is 1.60 bits per heavy atom. The summed E-state index contributed by atoms with van der Waals surface area (Å²) in [6.45, 7) is 0. The van der Waals surface area contributed by atoms with Gasteiger partial charge in [0.05, 0.1) is 25.8 Å². The molecule has 0 fully saturated rings. The van der Waals surface area contributed by atoms with E-state index in [1.807, 2.05) is 54.6 Å². The van der Waals surface area contributed by atoms with Gasteiger partial charge in [-0.25, -0.2) is 4.42 Å². The molecule has 0 aliphatic heterocycles. The summed E-state index contributed by atoms with van der Waals surface area (Å²) in [7, 11) is 3.32. The molecule has 20 heavy (non-hydrogen) atoms. The van der Waals surface area contributed by atoms with Crippen LogP contribution in [-0.2, 0) is 0 Å². The SMILES string of the molecule is COc1ccc(-c2cc(OC)c3ccccc3[o+]2)cc1. The highest BCUT2D eigenvalue weighted by atomic mass is 16.5. The van der Waals surface area contributed by atoms with E-state index in [1.54, 1.807) is 14.2 Å². The molecule has 100 valence electrons. The zero-order chi connectivity index (χ0) is 13.9. The molecule has 2 aromatic carbocycles. The standard InChI is InChI=1S/C17H15O3/c1-18-13-9-7-12(8-10-13)16-11-17(19-2)14-5-3-4-6-15(14)20-16/h3-11H,1-2H3/q+1. The van der Waals surface area contributed by atoms with Crippen molar-refractivity contribution in [1.82, 2.24) is 0 Å². The molecule has 3 rings (SSSR count). The molecule has 0 radical (unpaired) electrons. The molecule has 0 atom stereocenters. The van der Waals surface area contributed by atoms with Crippen molar-refractivity contribution in [2.45, 2.75) is 0 Å². The predicted octanol–water partition coefficient (Wildman–Crippen LogP) is 4.40. The Morgan fingerprint density at radius 3 is 2.30 bits per heavy atom. The van der Waals surface area contributed by atoms with E-state index in [2.05, 4.69) is 0 Å². The first-order valence-corrected chi connectivity index (χ1v) is 6.36. The molecule has 0 amide bonds. The van der Waals surface area contributed by atoms with Gasteiger partial charge < -0.3 is 9.47 Å². The van der Waals surface area contributed by atoms with Crippen LogP contribution in [0.4, 0.5) is 0 Å². The second-order valence-electron chi connectivity index (χ2n) is 4.40. The topological polar surface area (TPSA) is 29.8 Å². The average molecular weight is 267 g/mol. The van der Waals surface area contributed by atoms with Crippen LogP contribution < -0.4 is 9.47 Å². The number of ether oxygens (including phenoxy) is 2. The molecule has 0 aliphatic rings. The summed E-state index contributed by atoms with van der Waals surface area (Å²) < 4.78 is 16.6. The van der Waals surface area contributed by atoms with Crippen LogP contribution in [-0.4, -0.2) is 14.2 Å². The average Bonchev–Trinajstić information content (AvgIpc) is 2.54. The molecular formula is C17H15O3+. The largest absolute Gasteiger partial charge is 0.497 e. The van der Waals surface area contributed by atoms with E-state index >= 15 is 0 Å². The fourth-order valence-corrected chi connectivity index (χ4v) is 2.17. The fraction of sp³-hybridized carbons (Fsp3) is 0.118. The van der Waals surface area contributed by atoms with Crippen LogP contribution in [0.3, 0.4) is 0 Å². The van der Waals surface area contributed by atoms with Crippen LogP contribution in [0.15, 0.2) is 59.0 Å². The molecule has 1 aromatic heterocycles. The smallest absolute Gasteiger partial charge is 0.364 e. The molecular weight excluding hydrogens is 252 g/mol. The second-order valence-corrected chi connectivity index (χ2v) is 4.40. The minimum absolute atomic E-state index is 0.767. The van der Waals surface area contributed by atoms with Gasteiger partial charge in [0.1, 0.15) is 16.9 Å². The summed E-state index contributed by atoms with van der Waals surface area (Å²) in [6, 6.07) is 17.5. The normalized spacial score (nSPS) is 10.5.